The van der Waals surface area contributed by atoms with Crippen molar-refractivity contribution in [3.05, 3.63) is 83.9 Å². The van der Waals surface area contributed by atoms with E-state index < -0.39 is 0 Å². The van der Waals surface area contributed by atoms with Crippen LogP contribution in [-0.4, -0.2) is 0 Å². The summed E-state index contributed by atoms with van der Waals surface area (Å²) in [6, 6.07) is 26.6. The van der Waals surface area contributed by atoms with Crippen molar-refractivity contribution in [2.45, 2.75) is 26.0 Å². The van der Waals surface area contributed by atoms with Gasteiger partial charge in [-0.3, -0.25) is 0 Å². The molecule has 29 heavy (non-hydrogen) atoms. The predicted molar refractivity (Wildman–Crippen MR) is 117 cm³/mol. The Morgan fingerprint density at radius 1 is 0.759 bits per heavy atom. The van der Waals surface area contributed by atoms with Gasteiger partial charge in [0.1, 0.15) is 5.75 Å². The minimum absolute atomic E-state index is 0.0568. The molecule has 138 valence electrons. The van der Waals surface area contributed by atoms with Gasteiger partial charge in [0, 0.05) is 27.8 Å². The number of pyridine rings is 1. The number of nitrogens with zero attached hydrogens (tertiary/aromatic N) is 1. The van der Waals surface area contributed by atoms with Crippen molar-refractivity contribution in [1.82, 2.24) is 0 Å². The first-order chi connectivity index (χ1) is 14.1. The second kappa shape index (κ2) is 4.96. The van der Waals surface area contributed by atoms with E-state index in [0.29, 0.717) is 6.73 Å². The highest BCUT2D eigenvalue weighted by Crippen LogP contribution is 2.55. The Hall–Kier alpha value is -3.39. The summed E-state index contributed by atoms with van der Waals surface area (Å²) in [5, 5.41) is 6.29. The molecule has 2 nitrogen and oxygen atoms in total. The number of ether oxygens (including phenoxy) is 1. The van der Waals surface area contributed by atoms with E-state index in [1.165, 1.54) is 54.8 Å². The first-order valence-electron chi connectivity index (χ1n) is 10.2. The van der Waals surface area contributed by atoms with Crippen LogP contribution < -0.4 is 9.30 Å². The molecule has 1 aliphatic heterocycles. The van der Waals surface area contributed by atoms with Crippen LogP contribution in [0.3, 0.4) is 0 Å². The van der Waals surface area contributed by atoms with E-state index in [0.717, 1.165) is 5.75 Å². The van der Waals surface area contributed by atoms with Gasteiger partial charge in [0.25, 0.3) is 6.73 Å². The van der Waals surface area contributed by atoms with Gasteiger partial charge in [0.05, 0.1) is 5.56 Å². The fraction of sp³-hybridized carbons (Fsp3) is 0.148. The molecule has 0 atom stereocenters. The topological polar surface area (TPSA) is 13.1 Å². The fourth-order valence-electron chi connectivity index (χ4n) is 5.43. The van der Waals surface area contributed by atoms with E-state index in [2.05, 4.69) is 91.2 Å². The van der Waals surface area contributed by atoms with Gasteiger partial charge in [0.2, 0.25) is 11.2 Å². The molecule has 0 fully saturated rings. The molecule has 0 bridgehead atoms. The minimum Gasteiger partial charge on any atom is -0.434 e. The van der Waals surface area contributed by atoms with Crippen molar-refractivity contribution in [1.29, 1.82) is 0 Å². The van der Waals surface area contributed by atoms with Gasteiger partial charge in [-0.1, -0.05) is 62.4 Å². The number of rotatable bonds is 0. The molecule has 0 unspecified atom stereocenters. The number of fused-ring (bicyclic) bond motifs is 5. The highest BCUT2D eigenvalue weighted by molar-refractivity contribution is 6.01. The molecule has 2 heterocycles. The van der Waals surface area contributed by atoms with Crippen molar-refractivity contribution in [2.24, 2.45) is 0 Å². The van der Waals surface area contributed by atoms with E-state index in [4.69, 9.17) is 4.74 Å². The number of hydrogen-bond acceptors (Lipinski definition) is 1. The monoisotopic (exact) mass is 374 g/mol. The van der Waals surface area contributed by atoms with Crippen LogP contribution in [0.5, 0.6) is 5.75 Å². The average Bonchev–Trinajstić information content (AvgIpc) is 2.97. The molecule has 4 aromatic carbocycles. The molecule has 0 N–H and O–H groups in total. The predicted octanol–water partition coefficient (Wildman–Crippen LogP) is 6.09. The number of hydrogen-bond donors (Lipinski definition) is 0. The molecular formula is C27H20NO+. The molecule has 0 saturated heterocycles. The van der Waals surface area contributed by atoms with Gasteiger partial charge in [-0.25, -0.2) is 0 Å². The molecule has 0 spiro atoms. The van der Waals surface area contributed by atoms with Gasteiger partial charge < -0.3 is 4.74 Å². The summed E-state index contributed by atoms with van der Waals surface area (Å²) < 4.78 is 8.84. The highest BCUT2D eigenvalue weighted by Gasteiger charge is 2.47. The molecule has 1 aliphatic carbocycles. The summed E-state index contributed by atoms with van der Waals surface area (Å²) in [7, 11) is 0. The number of benzene rings is 4. The Bertz CT molecular complexity index is 1530. The standard InChI is InChI=1S/C27H20NO/c1-27(2)21-12-18-9-5-6-10-20(18)26-24(21)25-22(27)13-19-11-16-7-3-4-8-17(16)14-23(19)28(25)15-29-26/h3-14H,15H2,1-2H3/q+1. The molecule has 0 saturated carbocycles. The van der Waals surface area contributed by atoms with Crippen LogP contribution >= 0.6 is 0 Å². The fourth-order valence-corrected chi connectivity index (χ4v) is 5.43. The maximum atomic E-state index is 6.45. The summed E-state index contributed by atoms with van der Waals surface area (Å²) in [4.78, 5) is 0. The largest absolute Gasteiger partial charge is 0.434 e. The normalized spacial score (nSPS) is 15.7. The van der Waals surface area contributed by atoms with E-state index in [1.807, 2.05) is 0 Å². The quantitative estimate of drug-likeness (QED) is 0.236. The Labute approximate surface area is 169 Å². The van der Waals surface area contributed by atoms with Gasteiger partial charge in [-0.05, 0) is 39.9 Å². The van der Waals surface area contributed by atoms with Crippen molar-refractivity contribution >= 4 is 32.4 Å². The lowest BCUT2D eigenvalue weighted by atomic mass is 9.81. The van der Waals surface area contributed by atoms with Crippen molar-refractivity contribution in [2.75, 3.05) is 0 Å². The molecule has 0 radical (unpaired) electrons. The average molecular weight is 374 g/mol. The first-order valence-corrected chi connectivity index (χ1v) is 10.2. The lowest BCUT2D eigenvalue weighted by molar-refractivity contribution is -0.693. The van der Waals surface area contributed by atoms with E-state index >= 15 is 0 Å². The maximum Gasteiger partial charge on any atom is 0.293 e. The summed E-state index contributed by atoms with van der Waals surface area (Å²) in [5.74, 6) is 1.05. The van der Waals surface area contributed by atoms with Gasteiger partial charge in [-0.15, -0.1) is 0 Å². The Morgan fingerprint density at radius 3 is 2.28 bits per heavy atom. The van der Waals surface area contributed by atoms with Crippen LogP contribution in [0.15, 0.2) is 72.8 Å². The number of aromatic nitrogens is 1. The second-order valence-electron chi connectivity index (χ2n) is 8.84. The maximum absolute atomic E-state index is 6.45. The summed E-state index contributed by atoms with van der Waals surface area (Å²) >= 11 is 0. The zero-order valence-electron chi connectivity index (χ0n) is 16.5. The molecule has 2 heteroatoms. The molecule has 5 aromatic rings. The van der Waals surface area contributed by atoms with E-state index in [1.54, 1.807) is 0 Å². The van der Waals surface area contributed by atoms with Crippen molar-refractivity contribution in [3.8, 4) is 17.0 Å². The lowest BCUT2D eigenvalue weighted by Crippen LogP contribution is -2.42. The smallest absolute Gasteiger partial charge is 0.293 e. The van der Waals surface area contributed by atoms with E-state index in [9.17, 15) is 0 Å². The van der Waals surface area contributed by atoms with Gasteiger partial charge in [-0.2, -0.15) is 4.57 Å². The molecular weight excluding hydrogens is 354 g/mol. The van der Waals surface area contributed by atoms with Gasteiger partial charge in [0.15, 0.2) is 0 Å². The Kier molecular flexibility index (Phi) is 2.65. The van der Waals surface area contributed by atoms with Crippen LogP contribution in [0.4, 0.5) is 0 Å². The van der Waals surface area contributed by atoms with Crippen LogP contribution in [-0.2, 0) is 12.1 Å². The molecule has 2 aliphatic rings. The van der Waals surface area contributed by atoms with Crippen LogP contribution in [0.25, 0.3) is 43.7 Å². The lowest BCUT2D eigenvalue weighted by Gasteiger charge is -2.20. The third-order valence-corrected chi connectivity index (χ3v) is 6.93. The van der Waals surface area contributed by atoms with Crippen molar-refractivity contribution in [3.63, 3.8) is 0 Å². The Balaban J connectivity index is 1.69. The van der Waals surface area contributed by atoms with Crippen LogP contribution in [0.1, 0.15) is 25.0 Å². The van der Waals surface area contributed by atoms with Crippen LogP contribution in [0.2, 0.25) is 0 Å². The SMILES string of the molecule is CC1(C)c2cc3ccccc3c3c2-c2c1cc1cc4ccccc4cc1[n+]2CO3. The minimum atomic E-state index is -0.0568. The zero-order chi connectivity index (χ0) is 19.3. The second-order valence-corrected chi connectivity index (χ2v) is 8.84. The molecule has 0 amide bonds. The molecule has 7 rings (SSSR count). The summed E-state index contributed by atoms with van der Waals surface area (Å²) in [6.07, 6.45) is 0. The zero-order valence-corrected chi connectivity index (χ0v) is 16.5. The summed E-state index contributed by atoms with van der Waals surface area (Å²) in [6.45, 7) is 5.24. The van der Waals surface area contributed by atoms with Crippen LogP contribution in [0, 0.1) is 0 Å². The first kappa shape index (κ1) is 15.5. The summed E-state index contributed by atoms with van der Waals surface area (Å²) in [5.41, 5.74) is 6.57. The van der Waals surface area contributed by atoms with E-state index in [-0.39, 0.29) is 5.41 Å². The van der Waals surface area contributed by atoms with Gasteiger partial charge >= 0.3 is 0 Å². The Morgan fingerprint density at radius 2 is 1.45 bits per heavy atom. The van der Waals surface area contributed by atoms with Crippen molar-refractivity contribution < 1.29 is 9.30 Å². The molecule has 1 aromatic heterocycles. The highest BCUT2D eigenvalue weighted by atomic mass is 16.5. The third kappa shape index (κ3) is 1.80. The third-order valence-electron chi connectivity index (χ3n) is 6.93.